The van der Waals surface area contributed by atoms with Gasteiger partial charge in [0.15, 0.2) is 0 Å². The van der Waals surface area contributed by atoms with Crippen molar-refractivity contribution >= 4 is 11.6 Å². The Labute approximate surface area is 192 Å². The summed E-state index contributed by atoms with van der Waals surface area (Å²) in [6, 6.07) is 35.9. The van der Waals surface area contributed by atoms with Gasteiger partial charge in [-0.25, -0.2) is 0 Å². The highest BCUT2D eigenvalue weighted by Crippen LogP contribution is 2.33. The van der Waals surface area contributed by atoms with Crippen LogP contribution in [-0.4, -0.2) is 0 Å². The minimum Gasteiger partial charge on any atom is -0.0622 e. The van der Waals surface area contributed by atoms with Crippen LogP contribution in [0.5, 0.6) is 0 Å². The third-order valence-electron chi connectivity index (χ3n) is 6.60. The maximum atomic E-state index is 2.40. The Hall–Kier alpha value is -3.38. The monoisotopic (exact) mass is 414 g/mol. The Morgan fingerprint density at radius 3 is 2.12 bits per heavy atom. The SMILES string of the molecule is CCc1ccc(CCc2ccc3c(c2)C=C(c2cccc(Cc4ccccc4)c2)C3)cc1. The van der Waals surface area contributed by atoms with E-state index in [0.717, 1.165) is 32.1 Å². The van der Waals surface area contributed by atoms with E-state index in [1.807, 2.05) is 0 Å². The summed E-state index contributed by atoms with van der Waals surface area (Å²) in [5.74, 6) is 0. The molecule has 0 unspecified atom stereocenters. The van der Waals surface area contributed by atoms with Crippen LogP contribution in [0.1, 0.15) is 51.4 Å². The average Bonchev–Trinajstić information content (AvgIpc) is 3.27. The molecule has 0 spiro atoms. The van der Waals surface area contributed by atoms with E-state index in [-0.39, 0.29) is 0 Å². The Kier molecular flexibility index (Phi) is 6.03. The van der Waals surface area contributed by atoms with Crippen LogP contribution in [0.2, 0.25) is 0 Å². The molecule has 0 saturated heterocycles. The number of benzene rings is 4. The minimum absolute atomic E-state index is 0.984. The van der Waals surface area contributed by atoms with Gasteiger partial charge in [-0.1, -0.05) is 110 Å². The fourth-order valence-electron chi connectivity index (χ4n) is 4.67. The molecule has 1 aliphatic rings. The van der Waals surface area contributed by atoms with Gasteiger partial charge in [0, 0.05) is 0 Å². The van der Waals surface area contributed by atoms with Gasteiger partial charge in [0.05, 0.1) is 0 Å². The molecule has 0 heteroatoms. The lowest BCUT2D eigenvalue weighted by atomic mass is 9.98. The van der Waals surface area contributed by atoms with Crippen molar-refractivity contribution in [2.45, 2.75) is 39.0 Å². The van der Waals surface area contributed by atoms with Crippen LogP contribution in [0.4, 0.5) is 0 Å². The number of allylic oxidation sites excluding steroid dienone is 1. The molecule has 32 heavy (non-hydrogen) atoms. The van der Waals surface area contributed by atoms with E-state index in [2.05, 4.69) is 110 Å². The molecule has 0 heterocycles. The molecule has 0 atom stereocenters. The molecule has 0 amide bonds. The van der Waals surface area contributed by atoms with Crippen molar-refractivity contribution in [3.63, 3.8) is 0 Å². The van der Waals surface area contributed by atoms with Gasteiger partial charge < -0.3 is 0 Å². The zero-order chi connectivity index (χ0) is 21.8. The average molecular weight is 415 g/mol. The second-order valence-corrected chi connectivity index (χ2v) is 8.91. The molecule has 158 valence electrons. The number of hydrogen-bond acceptors (Lipinski definition) is 0. The number of hydrogen-bond donors (Lipinski definition) is 0. The van der Waals surface area contributed by atoms with E-state index in [9.17, 15) is 0 Å². The molecule has 4 aromatic rings. The lowest BCUT2D eigenvalue weighted by molar-refractivity contribution is 0.955. The Morgan fingerprint density at radius 1 is 0.594 bits per heavy atom. The van der Waals surface area contributed by atoms with Crippen molar-refractivity contribution < 1.29 is 0 Å². The van der Waals surface area contributed by atoms with E-state index in [1.165, 1.54) is 50.1 Å². The molecule has 0 aliphatic heterocycles. The van der Waals surface area contributed by atoms with Gasteiger partial charge in [0.1, 0.15) is 0 Å². The first kappa shape index (κ1) is 20.5. The molecule has 0 radical (unpaired) electrons. The molecule has 0 N–H and O–H groups in total. The predicted molar refractivity (Wildman–Crippen MR) is 137 cm³/mol. The summed E-state index contributed by atoms with van der Waals surface area (Å²) < 4.78 is 0. The lowest BCUT2D eigenvalue weighted by Crippen LogP contribution is -1.94. The summed E-state index contributed by atoms with van der Waals surface area (Å²) >= 11 is 0. The molecular weight excluding hydrogens is 384 g/mol. The molecule has 0 nitrogen and oxygen atoms in total. The van der Waals surface area contributed by atoms with Crippen LogP contribution in [0.15, 0.2) is 97.1 Å². The first-order chi connectivity index (χ1) is 15.8. The molecule has 0 bridgehead atoms. The minimum atomic E-state index is 0.984. The zero-order valence-corrected chi connectivity index (χ0v) is 18.9. The molecule has 0 saturated carbocycles. The van der Waals surface area contributed by atoms with Crippen molar-refractivity contribution in [3.05, 3.63) is 142 Å². The van der Waals surface area contributed by atoms with Gasteiger partial charge in [0.2, 0.25) is 0 Å². The van der Waals surface area contributed by atoms with Crippen LogP contribution in [0.25, 0.3) is 11.6 Å². The highest BCUT2D eigenvalue weighted by molar-refractivity contribution is 5.88. The van der Waals surface area contributed by atoms with Crippen LogP contribution < -0.4 is 0 Å². The Balaban J connectivity index is 1.29. The van der Waals surface area contributed by atoms with Gasteiger partial charge in [-0.15, -0.1) is 0 Å². The molecule has 1 aliphatic carbocycles. The first-order valence-electron chi connectivity index (χ1n) is 11.8. The highest BCUT2D eigenvalue weighted by atomic mass is 14.2. The van der Waals surface area contributed by atoms with Gasteiger partial charge >= 0.3 is 0 Å². The van der Waals surface area contributed by atoms with Gasteiger partial charge in [0.25, 0.3) is 0 Å². The summed E-state index contributed by atoms with van der Waals surface area (Å²) in [4.78, 5) is 0. The number of rotatable bonds is 7. The fourth-order valence-corrected chi connectivity index (χ4v) is 4.67. The van der Waals surface area contributed by atoms with Crippen LogP contribution in [0.3, 0.4) is 0 Å². The van der Waals surface area contributed by atoms with Crippen LogP contribution in [0, 0.1) is 0 Å². The first-order valence-corrected chi connectivity index (χ1v) is 11.8. The van der Waals surface area contributed by atoms with Crippen molar-refractivity contribution in [1.29, 1.82) is 0 Å². The van der Waals surface area contributed by atoms with Crippen molar-refractivity contribution in [1.82, 2.24) is 0 Å². The number of aryl methyl sites for hydroxylation is 3. The molecule has 4 aromatic carbocycles. The Bertz CT molecular complexity index is 1230. The van der Waals surface area contributed by atoms with E-state index in [4.69, 9.17) is 0 Å². The molecule has 0 aromatic heterocycles. The quantitative estimate of drug-likeness (QED) is 0.290. The summed E-state index contributed by atoms with van der Waals surface area (Å²) in [6.07, 6.45) is 7.71. The van der Waals surface area contributed by atoms with E-state index >= 15 is 0 Å². The van der Waals surface area contributed by atoms with E-state index in [0.29, 0.717) is 0 Å². The summed E-state index contributed by atoms with van der Waals surface area (Å²) in [7, 11) is 0. The topological polar surface area (TPSA) is 0 Å². The summed E-state index contributed by atoms with van der Waals surface area (Å²) in [5.41, 5.74) is 12.6. The Morgan fingerprint density at radius 2 is 1.31 bits per heavy atom. The van der Waals surface area contributed by atoms with Gasteiger partial charge in [-0.05, 0) is 82.2 Å². The third-order valence-corrected chi connectivity index (χ3v) is 6.60. The van der Waals surface area contributed by atoms with Gasteiger partial charge in [-0.3, -0.25) is 0 Å². The van der Waals surface area contributed by atoms with Gasteiger partial charge in [-0.2, -0.15) is 0 Å². The van der Waals surface area contributed by atoms with Crippen LogP contribution in [-0.2, 0) is 32.1 Å². The zero-order valence-electron chi connectivity index (χ0n) is 18.9. The number of fused-ring (bicyclic) bond motifs is 1. The second-order valence-electron chi connectivity index (χ2n) is 8.91. The smallest absolute Gasteiger partial charge is 0.00137 e. The summed E-state index contributed by atoms with van der Waals surface area (Å²) in [6.45, 7) is 2.21. The maximum absolute atomic E-state index is 2.40. The molecule has 0 fully saturated rings. The molecule has 5 rings (SSSR count). The van der Waals surface area contributed by atoms with E-state index < -0.39 is 0 Å². The van der Waals surface area contributed by atoms with E-state index in [1.54, 1.807) is 0 Å². The normalized spacial score (nSPS) is 12.5. The fraction of sp³-hybridized carbons (Fsp3) is 0.188. The predicted octanol–water partition coefficient (Wildman–Crippen LogP) is 7.72. The standard InChI is InChI=1S/C32H30/c1-2-24-11-13-25(14-12-24)15-16-27-17-18-30-22-32(23-31(30)20-27)29-10-6-9-28(21-29)19-26-7-4-3-5-8-26/h3-14,17-18,20-21,23H,2,15-16,19,22H2,1H3. The third kappa shape index (κ3) is 4.75. The highest BCUT2D eigenvalue weighted by Gasteiger charge is 2.15. The summed E-state index contributed by atoms with van der Waals surface area (Å²) in [5, 5.41) is 0. The second kappa shape index (κ2) is 9.40. The van der Waals surface area contributed by atoms with Crippen molar-refractivity contribution in [3.8, 4) is 0 Å². The van der Waals surface area contributed by atoms with Crippen LogP contribution >= 0.6 is 0 Å². The maximum Gasteiger partial charge on any atom is -0.00137 e. The van der Waals surface area contributed by atoms with Crippen molar-refractivity contribution in [2.75, 3.05) is 0 Å². The largest absolute Gasteiger partial charge is 0.0622 e. The molecular formula is C32H30. The van der Waals surface area contributed by atoms with Crippen molar-refractivity contribution in [2.24, 2.45) is 0 Å². The lowest BCUT2D eigenvalue weighted by Gasteiger charge is -2.07.